The van der Waals surface area contributed by atoms with E-state index < -0.39 is 68.0 Å². The normalized spacial score (nSPS) is 51.7. The van der Waals surface area contributed by atoms with E-state index in [4.69, 9.17) is 18.9 Å². The van der Waals surface area contributed by atoms with E-state index in [0.29, 0.717) is 0 Å². The molecule has 2 heterocycles. The Morgan fingerprint density at radius 2 is 1.43 bits per heavy atom. The maximum atomic E-state index is 10.1. The van der Waals surface area contributed by atoms with Crippen molar-refractivity contribution < 1.29 is 49.6 Å². The van der Waals surface area contributed by atoms with Crippen LogP contribution in [-0.4, -0.2) is 106 Å². The van der Waals surface area contributed by atoms with Crippen molar-refractivity contribution in [1.82, 2.24) is 0 Å². The molecular formula is C13H24O10. The van der Waals surface area contributed by atoms with Gasteiger partial charge in [-0.1, -0.05) is 0 Å². The fraction of sp³-hybridized carbons (Fsp3) is 1.00. The molecule has 0 aliphatic carbocycles. The summed E-state index contributed by atoms with van der Waals surface area (Å²) in [7, 11) is 1.27. The third-order valence-electron chi connectivity index (χ3n) is 4.15. The second-order valence-corrected chi connectivity index (χ2v) is 5.72. The predicted octanol–water partition coefficient (Wildman–Crippen LogP) is -3.72. The van der Waals surface area contributed by atoms with Gasteiger partial charge in [0.15, 0.2) is 12.6 Å². The SMILES string of the molecule is CO[C@H]1O[C@H](CO)[C@H](O[C@@H]2O[C@@H](C)[C@H](O)[C@@H](O)[C@H]2O)[C@H](O)[C@H]1O. The fourth-order valence-corrected chi connectivity index (χ4v) is 2.70. The molecule has 0 saturated carbocycles. The van der Waals surface area contributed by atoms with Crippen LogP contribution in [0.5, 0.6) is 0 Å². The molecular weight excluding hydrogens is 316 g/mol. The second-order valence-electron chi connectivity index (χ2n) is 5.72. The van der Waals surface area contributed by atoms with Gasteiger partial charge in [-0.25, -0.2) is 0 Å². The summed E-state index contributed by atoms with van der Waals surface area (Å²) in [6.45, 7) is 0.932. The van der Waals surface area contributed by atoms with Crippen LogP contribution in [0, 0.1) is 0 Å². The van der Waals surface area contributed by atoms with Crippen molar-refractivity contribution in [1.29, 1.82) is 0 Å². The van der Waals surface area contributed by atoms with Gasteiger partial charge in [-0.3, -0.25) is 0 Å². The summed E-state index contributed by atoms with van der Waals surface area (Å²) < 4.78 is 20.8. The first-order valence-corrected chi connectivity index (χ1v) is 7.32. The lowest BCUT2D eigenvalue weighted by Crippen LogP contribution is -2.64. The van der Waals surface area contributed by atoms with Crippen molar-refractivity contribution in [2.45, 2.75) is 68.3 Å². The minimum Gasteiger partial charge on any atom is -0.394 e. The molecule has 2 fully saturated rings. The standard InChI is InChI=1S/C13H24O10/c1-4-6(15)7(16)9(18)13(21-4)23-11-5(3-14)22-12(20-2)10(19)8(11)17/h4-19H,3H2,1-2H3/t4-,5+,6-,7+,8+,9+,10+,11-,12-,13-/m0/s1. The lowest BCUT2D eigenvalue weighted by atomic mass is 9.97. The zero-order valence-electron chi connectivity index (χ0n) is 12.8. The Kier molecular flexibility index (Phi) is 6.30. The highest BCUT2D eigenvalue weighted by molar-refractivity contribution is 4.93. The van der Waals surface area contributed by atoms with E-state index in [2.05, 4.69) is 0 Å². The van der Waals surface area contributed by atoms with Gasteiger partial charge in [0, 0.05) is 7.11 Å². The van der Waals surface area contributed by atoms with Crippen LogP contribution in [0.1, 0.15) is 6.92 Å². The molecule has 6 N–H and O–H groups in total. The van der Waals surface area contributed by atoms with E-state index in [1.165, 1.54) is 14.0 Å². The smallest absolute Gasteiger partial charge is 0.187 e. The number of hydrogen-bond donors (Lipinski definition) is 6. The molecule has 0 spiro atoms. The summed E-state index contributed by atoms with van der Waals surface area (Å²) in [6.07, 6.45) is -13.0. The summed E-state index contributed by atoms with van der Waals surface area (Å²) in [4.78, 5) is 0. The van der Waals surface area contributed by atoms with Crippen molar-refractivity contribution in [3.8, 4) is 0 Å². The third kappa shape index (κ3) is 3.66. The Morgan fingerprint density at radius 3 is 2.00 bits per heavy atom. The molecule has 10 heteroatoms. The second kappa shape index (κ2) is 7.66. The Hall–Kier alpha value is -0.400. The summed E-state index contributed by atoms with van der Waals surface area (Å²) >= 11 is 0. The van der Waals surface area contributed by atoms with Gasteiger partial charge >= 0.3 is 0 Å². The average molecular weight is 340 g/mol. The first kappa shape index (κ1) is 18.9. The maximum absolute atomic E-state index is 10.1. The van der Waals surface area contributed by atoms with Gasteiger partial charge in [0.2, 0.25) is 0 Å². The van der Waals surface area contributed by atoms with Gasteiger partial charge in [0.25, 0.3) is 0 Å². The first-order valence-electron chi connectivity index (χ1n) is 7.32. The average Bonchev–Trinajstić information content (AvgIpc) is 2.54. The predicted molar refractivity (Wildman–Crippen MR) is 72.0 cm³/mol. The summed E-state index contributed by atoms with van der Waals surface area (Å²) in [5, 5.41) is 58.8. The molecule has 0 bridgehead atoms. The van der Waals surface area contributed by atoms with Gasteiger partial charge in [0.1, 0.15) is 42.7 Å². The topological polar surface area (TPSA) is 158 Å². The molecule has 0 radical (unpaired) electrons. The van der Waals surface area contributed by atoms with E-state index in [1.807, 2.05) is 0 Å². The van der Waals surface area contributed by atoms with Crippen LogP contribution in [0.25, 0.3) is 0 Å². The molecule has 0 unspecified atom stereocenters. The molecule has 0 aromatic rings. The number of aliphatic hydroxyl groups excluding tert-OH is 6. The largest absolute Gasteiger partial charge is 0.394 e. The van der Waals surface area contributed by atoms with Gasteiger partial charge in [-0.2, -0.15) is 0 Å². The number of methoxy groups -OCH3 is 1. The molecule has 136 valence electrons. The quantitative estimate of drug-likeness (QED) is 0.300. The van der Waals surface area contributed by atoms with E-state index in [9.17, 15) is 30.6 Å². The van der Waals surface area contributed by atoms with E-state index in [1.54, 1.807) is 0 Å². The molecule has 10 nitrogen and oxygen atoms in total. The van der Waals surface area contributed by atoms with Crippen molar-refractivity contribution in [3.05, 3.63) is 0 Å². The Bertz CT molecular complexity index is 380. The van der Waals surface area contributed by atoms with Gasteiger partial charge in [-0.05, 0) is 6.92 Å². The van der Waals surface area contributed by atoms with Crippen LogP contribution in [0.3, 0.4) is 0 Å². The van der Waals surface area contributed by atoms with Gasteiger partial charge in [-0.15, -0.1) is 0 Å². The van der Waals surface area contributed by atoms with E-state index in [0.717, 1.165) is 0 Å². The highest BCUT2D eigenvalue weighted by Gasteiger charge is 2.49. The van der Waals surface area contributed by atoms with Crippen LogP contribution in [0.4, 0.5) is 0 Å². The van der Waals surface area contributed by atoms with Crippen molar-refractivity contribution in [2.24, 2.45) is 0 Å². The molecule has 0 aromatic carbocycles. The molecule has 0 aromatic heterocycles. The lowest BCUT2D eigenvalue weighted by Gasteiger charge is -2.45. The lowest BCUT2D eigenvalue weighted by molar-refractivity contribution is -0.354. The van der Waals surface area contributed by atoms with Gasteiger partial charge < -0.3 is 49.6 Å². The maximum Gasteiger partial charge on any atom is 0.187 e. The first-order chi connectivity index (χ1) is 10.8. The van der Waals surface area contributed by atoms with Crippen molar-refractivity contribution in [2.75, 3.05) is 13.7 Å². The van der Waals surface area contributed by atoms with E-state index >= 15 is 0 Å². The minimum absolute atomic E-state index is 0.544. The monoisotopic (exact) mass is 340 g/mol. The Labute approximate surface area is 132 Å². The Morgan fingerprint density at radius 1 is 0.826 bits per heavy atom. The molecule has 2 rings (SSSR count). The van der Waals surface area contributed by atoms with Crippen LogP contribution in [-0.2, 0) is 18.9 Å². The van der Waals surface area contributed by atoms with Crippen LogP contribution in [0.15, 0.2) is 0 Å². The number of rotatable bonds is 4. The minimum atomic E-state index is -1.58. The zero-order chi connectivity index (χ0) is 17.3. The van der Waals surface area contributed by atoms with Crippen LogP contribution >= 0.6 is 0 Å². The third-order valence-corrected chi connectivity index (χ3v) is 4.15. The zero-order valence-corrected chi connectivity index (χ0v) is 12.8. The van der Waals surface area contributed by atoms with E-state index in [-0.39, 0.29) is 0 Å². The summed E-state index contributed by atoms with van der Waals surface area (Å²) in [5.74, 6) is 0. The van der Waals surface area contributed by atoms with Crippen molar-refractivity contribution in [3.63, 3.8) is 0 Å². The highest BCUT2D eigenvalue weighted by atomic mass is 16.7. The Balaban J connectivity index is 2.10. The van der Waals surface area contributed by atoms with Crippen LogP contribution in [0.2, 0.25) is 0 Å². The summed E-state index contributed by atoms with van der Waals surface area (Å²) in [6, 6.07) is 0. The highest BCUT2D eigenvalue weighted by Crippen LogP contribution is 2.29. The summed E-state index contributed by atoms with van der Waals surface area (Å²) in [5.41, 5.74) is 0. The number of aliphatic hydroxyl groups is 6. The number of hydrogen-bond acceptors (Lipinski definition) is 10. The molecule has 10 atom stereocenters. The fourth-order valence-electron chi connectivity index (χ4n) is 2.70. The molecule has 0 amide bonds. The van der Waals surface area contributed by atoms with Gasteiger partial charge in [0.05, 0.1) is 12.7 Å². The molecule has 2 saturated heterocycles. The number of ether oxygens (including phenoxy) is 4. The molecule has 23 heavy (non-hydrogen) atoms. The molecule has 2 aliphatic rings. The van der Waals surface area contributed by atoms with Crippen LogP contribution < -0.4 is 0 Å². The van der Waals surface area contributed by atoms with Crippen molar-refractivity contribution >= 4 is 0 Å². The molecule has 2 aliphatic heterocycles.